The van der Waals surface area contributed by atoms with Crippen molar-refractivity contribution in [3.63, 3.8) is 0 Å². The van der Waals surface area contributed by atoms with Crippen LogP contribution in [-0.2, 0) is 5.75 Å². The zero-order valence-electron chi connectivity index (χ0n) is 8.59. The molecule has 1 aromatic rings. The molecule has 0 aromatic heterocycles. The van der Waals surface area contributed by atoms with Crippen LogP contribution < -0.4 is 5.73 Å². The maximum atomic E-state index is 13.4. The molecule has 0 spiro atoms. The topological polar surface area (TPSA) is 26.0 Å². The monoisotopic (exact) mass is 213 g/mol. The summed E-state index contributed by atoms with van der Waals surface area (Å²) < 4.78 is 13.4. The van der Waals surface area contributed by atoms with E-state index in [2.05, 4.69) is 13.8 Å². The molecule has 0 heterocycles. The molecule has 0 aliphatic carbocycles. The summed E-state index contributed by atoms with van der Waals surface area (Å²) in [5, 5.41) is 0.566. The number of nitrogens with two attached hydrogens (primary N) is 1. The van der Waals surface area contributed by atoms with E-state index in [1.807, 2.05) is 0 Å². The van der Waals surface area contributed by atoms with Gasteiger partial charge in [-0.25, -0.2) is 4.39 Å². The minimum absolute atomic E-state index is 0.243. The SMILES string of the molecule is CCC(C)SCc1cccc(N)c1F. The van der Waals surface area contributed by atoms with Gasteiger partial charge < -0.3 is 5.73 Å². The molecular weight excluding hydrogens is 197 g/mol. The third-order valence-corrected chi connectivity index (χ3v) is 3.59. The molecule has 0 saturated heterocycles. The Labute approximate surface area is 88.9 Å². The van der Waals surface area contributed by atoms with Gasteiger partial charge in [-0.3, -0.25) is 0 Å². The molecule has 0 aliphatic rings. The molecule has 0 fully saturated rings. The molecule has 1 unspecified atom stereocenters. The van der Waals surface area contributed by atoms with Crippen molar-refractivity contribution in [2.45, 2.75) is 31.3 Å². The van der Waals surface area contributed by atoms with Gasteiger partial charge in [-0.2, -0.15) is 11.8 Å². The van der Waals surface area contributed by atoms with Crippen molar-refractivity contribution in [3.05, 3.63) is 29.6 Å². The van der Waals surface area contributed by atoms with Gasteiger partial charge in [0.15, 0.2) is 0 Å². The Morgan fingerprint density at radius 2 is 2.21 bits per heavy atom. The van der Waals surface area contributed by atoms with Gasteiger partial charge in [0, 0.05) is 11.0 Å². The highest BCUT2D eigenvalue weighted by atomic mass is 32.2. The second-order valence-electron chi connectivity index (χ2n) is 3.35. The van der Waals surface area contributed by atoms with Crippen molar-refractivity contribution in [1.29, 1.82) is 0 Å². The molecule has 0 radical (unpaired) electrons. The Morgan fingerprint density at radius 3 is 2.86 bits per heavy atom. The van der Waals surface area contributed by atoms with Gasteiger partial charge in [-0.1, -0.05) is 26.0 Å². The lowest BCUT2D eigenvalue weighted by Crippen LogP contribution is -1.98. The van der Waals surface area contributed by atoms with Crippen LogP contribution >= 0.6 is 11.8 Å². The van der Waals surface area contributed by atoms with Crippen LogP contribution in [0.4, 0.5) is 10.1 Å². The van der Waals surface area contributed by atoms with Gasteiger partial charge in [0.1, 0.15) is 5.82 Å². The summed E-state index contributed by atoms with van der Waals surface area (Å²) in [6.45, 7) is 4.28. The maximum Gasteiger partial charge on any atom is 0.150 e. The Kier molecular flexibility index (Phi) is 4.26. The Hall–Kier alpha value is -0.700. The number of hydrogen-bond acceptors (Lipinski definition) is 2. The van der Waals surface area contributed by atoms with E-state index in [1.54, 1.807) is 30.0 Å². The van der Waals surface area contributed by atoms with Crippen LogP contribution in [0.2, 0.25) is 0 Å². The van der Waals surface area contributed by atoms with Crippen LogP contribution in [0.15, 0.2) is 18.2 Å². The molecule has 0 saturated carbocycles. The normalized spacial score (nSPS) is 12.8. The summed E-state index contributed by atoms with van der Waals surface area (Å²) in [5.41, 5.74) is 6.42. The first kappa shape index (κ1) is 11.4. The molecule has 1 rings (SSSR count). The van der Waals surface area contributed by atoms with Crippen LogP contribution in [0.3, 0.4) is 0 Å². The standard InChI is InChI=1S/C11H16FNS/c1-3-8(2)14-7-9-5-4-6-10(13)11(9)12/h4-6,8H,3,7,13H2,1-2H3. The quantitative estimate of drug-likeness (QED) is 0.775. The molecule has 3 heteroatoms. The fraction of sp³-hybridized carbons (Fsp3) is 0.455. The summed E-state index contributed by atoms with van der Waals surface area (Å²) in [6, 6.07) is 5.18. The third-order valence-electron chi connectivity index (χ3n) is 2.21. The number of hydrogen-bond donors (Lipinski definition) is 1. The summed E-state index contributed by atoms with van der Waals surface area (Å²) in [7, 11) is 0. The van der Waals surface area contributed by atoms with Crippen molar-refractivity contribution < 1.29 is 4.39 Å². The van der Waals surface area contributed by atoms with Gasteiger partial charge >= 0.3 is 0 Å². The highest BCUT2D eigenvalue weighted by molar-refractivity contribution is 7.99. The summed E-state index contributed by atoms with van der Waals surface area (Å²) in [6.07, 6.45) is 1.11. The second kappa shape index (κ2) is 5.25. The Balaban J connectivity index is 2.63. The van der Waals surface area contributed by atoms with Crippen LogP contribution in [0, 0.1) is 5.82 Å². The zero-order valence-corrected chi connectivity index (χ0v) is 9.40. The molecule has 2 N–H and O–H groups in total. The molecule has 14 heavy (non-hydrogen) atoms. The number of rotatable bonds is 4. The van der Waals surface area contributed by atoms with Crippen molar-refractivity contribution in [3.8, 4) is 0 Å². The Bertz CT molecular complexity index is 301. The summed E-state index contributed by atoms with van der Waals surface area (Å²) in [5.74, 6) is 0.439. The fourth-order valence-corrected chi connectivity index (χ4v) is 1.98. The molecule has 0 amide bonds. The molecule has 78 valence electrons. The minimum Gasteiger partial charge on any atom is -0.396 e. The van der Waals surface area contributed by atoms with Gasteiger partial charge in [0.25, 0.3) is 0 Å². The lowest BCUT2D eigenvalue weighted by molar-refractivity contribution is 0.622. The summed E-state index contributed by atoms with van der Waals surface area (Å²) in [4.78, 5) is 0. The van der Waals surface area contributed by atoms with Crippen LogP contribution in [0.25, 0.3) is 0 Å². The highest BCUT2D eigenvalue weighted by Crippen LogP contribution is 2.23. The van der Waals surface area contributed by atoms with Crippen molar-refractivity contribution in [1.82, 2.24) is 0 Å². The lowest BCUT2D eigenvalue weighted by atomic mass is 10.2. The van der Waals surface area contributed by atoms with Crippen molar-refractivity contribution >= 4 is 17.4 Å². The zero-order chi connectivity index (χ0) is 10.6. The average molecular weight is 213 g/mol. The van der Waals surface area contributed by atoms with Crippen molar-refractivity contribution in [2.75, 3.05) is 5.73 Å². The predicted octanol–water partition coefficient (Wildman–Crippen LogP) is 3.44. The van der Waals surface area contributed by atoms with Gasteiger partial charge in [-0.15, -0.1) is 0 Å². The highest BCUT2D eigenvalue weighted by Gasteiger charge is 2.06. The number of nitrogen functional groups attached to an aromatic ring is 1. The first-order valence-electron chi connectivity index (χ1n) is 4.79. The smallest absolute Gasteiger partial charge is 0.150 e. The van der Waals surface area contributed by atoms with Crippen LogP contribution in [-0.4, -0.2) is 5.25 Å². The Morgan fingerprint density at radius 1 is 1.50 bits per heavy atom. The number of anilines is 1. The third kappa shape index (κ3) is 2.91. The van der Waals surface area contributed by atoms with E-state index in [0.717, 1.165) is 6.42 Å². The predicted molar refractivity (Wildman–Crippen MR) is 61.9 cm³/mol. The number of thioether (sulfide) groups is 1. The molecule has 1 aromatic carbocycles. The van der Waals surface area contributed by atoms with Gasteiger partial charge in [0.05, 0.1) is 5.69 Å². The van der Waals surface area contributed by atoms with Crippen LogP contribution in [0.5, 0.6) is 0 Å². The number of benzene rings is 1. The second-order valence-corrected chi connectivity index (χ2v) is 4.78. The lowest BCUT2D eigenvalue weighted by Gasteiger charge is -2.09. The fourth-order valence-electron chi connectivity index (χ4n) is 1.06. The molecule has 1 nitrogen and oxygen atoms in total. The van der Waals surface area contributed by atoms with E-state index in [0.29, 0.717) is 16.6 Å². The molecule has 1 atom stereocenters. The first-order valence-corrected chi connectivity index (χ1v) is 5.84. The van der Waals surface area contributed by atoms with E-state index in [9.17, 15) is 4.39 Å². The van der Waals surface area contributed by atoms with E-state index >= 15 is 0 Å². The molecular formula is C11H16FNS. The van der Waals surface area contributed by atoms with E-state index in [-0.39, 0.29) is 11.5 Å². The molecule has 0 bridgehead atoms. The largest absolute Gasteiger partial charge is 0.396 e. The van der Waals surface area contributed by atoms with Gasteiger partial charge in [-0.05, 0) is 18.1 Å². The van der Waals surface area contributed by atoms with E-state index < -0.39 is 0 Å². The maximum absolute atomic E-state index is 13.4. The van der Waals surface area contributed by atoms with Gasteiger partial charge in [0.2, 0.25) is 0 Å². The summed E-state index contributed by atoms with van der Waals surface area (Å²) >= 11 is 1.76. The molecule has 0 aliphatic heterocycles. The van der Waals surface area contributed by atoms with Crippen LogP contribution in [0.1, 0.15) is 25.8 Å². The first-order chi connectivity index (χ1) is 6.65. The number of halogens is 1. The average Bonchev–Trinajstić information content (AvgIpc) is 2.20. The van der Waals surface area contributed by atoms with E-state index in [1.165, 1.54) is 0 Å². The minimum atomic E-state index is -0.261. The van der Waals surface area contributed by atoms with Crippen molar-refractivity contribution in [2.24, 2.45) is 0 Å². The van der Waals surface area contributed by atoms with E-state index in [4.69, 9.17) is 5.73 Å².